The minimum absolute atomic E-state index is 0.195. The van der Waals surface area contributed by atoms with Gasteiger partial charge in [-0.15, -0.1) is 0 Å². The molecule has 2 N–H and O–H groups in total. The maximum Gasteiger partial charge on any atom is 0.238 e. The van der Waals surface area contributed by atoms with Gasteiger partial charge in [0.1, 0.15) is 12.6 Å². The fourth-order valence-electron chi connectivity index (χ4n) is 3.15. The Morgan fingerprint density at radius 2 is 1.81 bits per heavy atom. The van der Waals surface area contributed by atoms with Crippen LogP contribution in [0.3, 0.4) is 0 Å². The van der Waals surface area contributed by atoms with Crippen molar-refractivity contribution in [1.82, 2.24) is 9.80 Å². The first-order chi connectivity index (χ1) is 19.6. The lowest BCUT2D eigenvalue weighted by Crippen LogP contribution is -2.50. The van der Waals surface area contributed by atoms with Gasteiger partial charge in [0.2, 0.25) is 5.91 Å². The number of aryl methyl sites for hydroxylation is 2. The van der Waals surface area contributed by atoms with Gasteiger partial charge in [0.15, 0.2) is 11.5 Å². The van der Waals surface area contributed by atoms with E-state index in [-0.39, 0.29) is 61.0 Å². The molecule has 1 unspecified atom stereocenters. The maximum atomic E-state index is 12.9. The largest absolute Gasteiger partial charge is 0.493 e. The van der Waals surface area contributed by atoms with Crippen LogP contribution in [0.2, 0.25) is 0 Å². The molecular formula is C24H33N3O4. The Hall–Kier alpha value is -2.61. The molecule has 0 saturated carbocycles. The van der Waals surface area contributed by atoms with E-state index in [1.807, 2.05) is 0 Å². The molecule has 1 aliphatic rings. The molecule has 1 heterocycles. The number of nitrogens with one attached hydrogen (secondary N) is 1. The fourth-order valence-corrected chi connectivity index (χ4v) is 3.15. The van der Waals surface area contributed by atoms with Gasteiger partial charge in [0, 0.05) is 46.6 Å². The first-order valence-corrected chi connectivity index (χ1v) is 9.67. The molecular weight excluding hydrogens is 394 g/mol. The molecule has 1 atom stereocenters. The van der Waals surface area contributed by atoms with E-state index in [2.05, 4.69) is 5.32 Å². The van der Waals surface area contributed by atoms with Gasteiger partial charge in [-0.05, 0) is 37.0 Å². The summed E-state index contributed by atoms with van der Waals surface area (Å²) in [5, 5.41) is 13.2. The highest BCUT2D eigenvalue weighted by molar-refractivity contribution is 5.93. The van der Waals surface area contributed by atoms with Crippen LogP contribution in [0.5, 0.6) is 11.5 Å². The summed E-state index contributed by atoms with van der Waals surface area (Å²) in [6.07, 6.45) is -2.80. The van der Waals surface area contributed by atoms with Crippen LogP contribution < -0.4 is 14.8 Å². The number of methoxy groups -OCH3 is 1. The van der Waals surface area contributed by atoms with Gasteiger partial charge < -0.3 is 19.9 Å². The number of ether oxygens (including phenoxy) is 2. The van der Waals surface area contributed by atoms with Crippen LogP contribution in [-0.2, 0) is 4.79 Å². The number of nitrogens with zero attached hydrogens (tertiary/aromatic N) is 2. The van der Waals surface area contributed by atoms with E-state index in [0.717, 1.165) is 0 Å². The lowest BCUT2D eigenvalue weighted by atomic mass is 10.1. The van der Waals surface area contributed by atoms with Gasteiger partial charge in [-0.1, -0.05) is 30.3 Å². The average molecular weight is 440 g/mol. The Bertz CT molecular complexity index is 1240. The van der Waals surface area contributed by atoms with Crippen LogP contribution in [0.4, 0.5) is 5.69 Å². The number of benzene rings is 2. The van der Waals surface area contributed by atoms with Crippen molar-refractivity contribution in [2.75, 3.05) is 58.2 Å². The minimum Gasteiger partial charge on any atom is -0.493 e. The SMILES string of the molecule is [2H]C([2H])([2H])Oc1ccccc1OC([2H])([2H])C([2H])(O)CN1CCN(CC(=O)Nc2c(C([2H])([2H])[2H])cccc2C([2H])([2H])[2H])CC1. The molecule has 2 aromatic rings. The summed E-state index contributed by atoms with van der Waals surface area (Å²) in [6, 6.07) is 9.18. The van der Waals surface area contributed by atoms with Crippen molar-refractivity contribution < 1.29 is 35.8 Å². The summed E-state index contributed by atoms with van der Waals surface area (Å²) in [6.45, 7) is -8.05. The van der Waals surface area contributed by atoms with Crippen molar-refractivity contribution in [2.24, 2.45) is 0 Å². The number of aliphatic hydroxyl groups is 1. The number of piperazine rings is 1. The fraction of sp³-hybridized carbons (Fsp3) is 0.458. The molecule has 1 aliphatic heterocycles. The zero-order chi connectivity index (χ0) is 32.4. The van der Waals surface area contributed by atoms with Crippen molar-refractivity contribution in [3.05, 3.63) is 53.6 Å². The number of carbonyl (C=O) groups is 1. The number of amides is 1. The van der Waals surface area contributed by atoms with Crippen molar-refractivity contribution in [2.45, 2.75) is 19.8 Å². The summed E-state index contributed by atoms with van der Waals surface area (Å²) in [7, 11) is -2.84. The molecule has 31 heavy (non-hydrogen) atoms. The quantitative estimate of drug-likeness (QED) is 0.625. The molecule has 1 saturated heterocycles. The minimum atomic E-state index is -2.99. The smallest absolute Gasteiger partial charge is 0.238 e. The van der Waals surface area contributed by atoms with Crippen LogP contribution in [0.1, 0.15) is 27.6 Å². The highest BCUT2D eigenvalue weighted by atomic mass is 16.5. The highest BCUT2D eigenvalue weighted by Crippen LogP contribution is 2.25. The van der Waals surface area contributed by atoms with Gasteiger partial charge >= 0.3 is 0 Å². The predicted molar refractivity (Wildman–Crippen MR) is 122 cm³/mol. The number of para-hydroxylation sites is 3. The Labute approximate surface area is 201 Å². The second kappa shape index (κ2) is 11.1. The monoisotopic (exact) mass is 439 g/mol. The summed E-state index contributed by atoms with van der Waals surface area (Å²) < 4.78 is 103. The third-order valence-corrected chi connectivity index (χ3v) is 4.77. The normalized spacial score (nSPS) is 24.4. The molecule has 1 amide bonds. The molecule has 168 valence electrons. The molecule has 0 aliphatic carbocycles. The molecule has 0 aromatic heterocycles. The molecule has 7 nitrogen and oxygen atoms in total. The molecule has 2 aromatic carbocycles. The molecule has 0 spiro atoms. The standard InChI is InChI=1S/C24H33N3O4/c1-18-7-6-8-19(2)24(18)25-23(29)16-27-13-11-26(12-14-27)15-20(28)17-31-22-10-5-4-9-21(22)30-3/h4-10,20,28H,11-17H2,1-3H3,(H,25,29)/i1D3,2D3,3D3,17D2,20D. The maximum absolute atomic E-state index is 12.9. The summed E-state index contributed by atoms with van der Waals surface area (Å²) >= 11 is 0. The van der Waals surface area contributed by atoms with E-state index in [4.69, 9.17) is 25.9 Å². The van der Waals surface area contributed by atoms with Gasteiger partial charge in [-0.3, -0.25) is 14.6 Å². The lowest BCUT2D eigenvalue weighted by Gasteiger charge is -2.35. The first kappa shape index (κ1) is 11.9. The predicted octanol–water partition coefficient (Wildman–Crippen LogP) is 2.31. The second-order valence-corrected chi connectivity index (χ2v) is 7.03. The van der Waals surface area contributed by atoms with Crippen LogP contribution in [0.15, 0.2) is 42.5 Å². The van der Waals surface area contributed by atoms with E-state index >= 15 is 0 Å². The van der Waals surface area contributed by atoms with Crippen molar-refractivity contribution in [3.8, 4) is 11.5 Å². The average Bonchev–Trinajstić information content (AvgIpc) is 2.84. The lowest BCUT2D eigenvalue weighted by molar-refractivity contribution is -0.117. The molecule has 7 heteroatoms. The third-order valence-electron chi connectivity index (χ3n) is 4.77. The zero-order valence-corrected chi connectivity index (χ0v) is 16.9. The number of carbonyl (C=O) groups excluding carboxylic acids is 1. The van der Waals surface area contributed by atoms with Gasteiger partial charge in [-0.25, -0.2) is 0 Å². The molecule has 0 bridgehead atoms. The Kier molecular flexibility index (Phi) is 4.26. The summed E-state index contributed by atoms with van der Waals surface area (Å²) in [5.41, 5.74) is -0.866. The van der Waals surface area contributed by atoms with E-state index in [0.29, 0.717) is 0 Å². The number of rotatable bonds is 9. The third kappa shape index (κ3) is 6.69. The number of hydrogen-bond donors (Lipinski definition) is 2. The molecule has 0 radical (unpaired) electrons. The van der Waals surface area contributed by atoms with Gasteiger partial charge in [0.25, 0.3) is 0 Å². The molecule has 1 fully saturated rings. The van der Waals surface area contributed by atoms with Crippen LogP contribution in [-0.4, -0.2) is 79.8 Å². The van der Waals surface area contributed by atoms with Crippen molar-refractivity contribution >= 4 is 11.6 Å². The van der Waals surface area contributed by atoms with E-state index in [1.165, 1.54) is 42.5 Å². The van der Waals surface area contributed by atoms with Gasteiger partial charge in [-0.2, -0.15) is 0 Å². The topological polar surface area (TPSA) is 74.3 Å². The van der Waals surface area contributed by atoms with Crippen LogP contribution >= 0.6 is 0 Å². The Balaban J connectivity index is 1.61. The Morgan fingerprint density at radius 1 is 1.13 bits per heavy atom. The Morgan fingerprint density at radius 3 is 2.48 bits per heavy atom. The first-order valence-electron chi connectivity index (χ1n) is 15.7. The van der Waals surface area contributed by atoms with E-state index < -0.39 is 45.8 Å². The summed E-state index contributed by atoms with van der Waals surface area (Å²) in [5.74, 6) is -1.23. The van der Waals surface area contributed by atoms with Crippen molar-refractivity contribution in [1.29, 1.82) is 0 Å². The molecule has 3 rings (SSSR count). The summed E-state index contributed by atoms with van der Waals surface area (Å²) in [4.78, 5) is 16.1. The van der Waals surface area contributed by atoms with E-state index in [1.54, 1.807) is 9.80 Å². The van der Waals surface area contributed by atoms with E-state index in [9.17, 15) is 9.90 Å². The van der Waals surface area contributed by atoms with Crippen LogP contribution in [0, 0.1) is 13.7 Å². The second-order valence-electron chi connectivity index (χ2n) is 7.03. The van der Waals surface area contributed by atoms with Gasteiger partial charge in [0.05, 0.1) is 21.8 Å². The number of β-amino-alcohol motifs (C(OH)–C–C–N with tert-alkyl or cyclic N) is 1. The zero-order valence-electron chi connectivity index (χ0n) is 28.9. The van der Waals surface area contributed by atoms with Crippen molar-refractivity contribution in [3.63, 3.8) is 0 Å². The number of anilines is 1. The van der Waals surface area contributed by atoms with Crippen LogP contribution in [0.25, 0.3) is 0 Å². The number of hydrogen-bond acceptors (Lipinski definition) is 6. The highest BCUT2D eigenvalue weighted by Gasteiger charge is 2.21.